The molecule has 5 heteroatoms. The summed E-state index contributed by atoms with van der Waals surface area (Å²) in [5.41, 5.74) is 0.773. The van der Waals surface area contributed by atoms with Crippen molar-refractivity contribution in [3.8, 4) is 0 Å². The fraction of sp³-hybridized carbons (Fsp3) is 0.455. The highest BCUT2D eigenvalue weighted by Crippen LogP contribution is 2.52. The van der Waals surface area contributed by atoms with Crippen LogP contribution >= 0.6 is 22.6 Å². The largest absolute Gasteiger partial charge is 0.392 e. The SMILES string of the molecule is CC.CC1(C)[C@@H](O)[C@@H](c2ccc(I)cc2)c2ccccc2S(=O)(=O)C1(C)C. The summed E-state index contributed by atoms with van der Waals surface area (Å²) in [7, 11) is -3.61. The van der Waals surface area contributed by atoms with Gasteiger partial charge in [-0.05, 0) is 65.8 Å². The minimum atomic E-state index is -3.61. The van der Waals surface area contributed by atoms with Crippen LogP contribution in [0.3, 0.4) is 0 Å². The van der Waals surface area contributed by atoms with Gasteiger partial charge in [0.2, 0.25) is 0 Å². The third kappa shape index (κ3) is 3.47. The Hall–Kier alpha value is -0.920. The van der Waals surface area contributed by atoms with Gasteiger partial charge < -0.3 is 5.11 Å². The highest BCUT2D eigenvalue weighted by Gasteiger charge is 2.57. The number of benzene rings is 2. The zero-order chi connectivity index (χ0) is 20.6. The summed E-state index contributed by atoms with van der Waals surface area (Å²) in [5.74, 6) is -0.389. The molecule has 0 unspecified atom stereocenters. The van der Waals surface area contributed by atoms with Gasteiger partial charge in [-0.25, -0.2) is 8.42 Å². The van der Waals surface area contributed by atoms with Crippen molar-refractivity contribution in [2.24, 2.45) is 5.41 Å². The Morgan fingerprint density at radius 2 is 1.44 bits per heavy atom. The first-order chi connectivity index (χ1) is 12.5. The molecule has 0 saturated heterocycles. The van der Waals surface area contributed by atoms with Gasteiger partial charge in [-0.2, -0.15) is 0 Å². The van der Waals surface area contributed by atoms with Crippen LogP contribution in [0.2, 0.25) is 0 Å². The standard InChI is InChI=1S/C20H23IO3S.C2H6/c1-19(2)18(22)17(13-9-11-14(21)12-10-13)15-7-5-6-8-16(15)25(23,24)20(19,3)4;1-2/h5-12,17-18,22H,1-4H3;1-2H3/t17-,18-;/m0./s1. The average Bonchev–Trinajstić information content (AvgIpc) is 2.67. The summed E-state index contributed by atoms with van der Waals surface area (Å²) in [5, 5.41) is 11.3. The third-order valence-corrected chi connectivity index (χ3v) is 9.59. The average molecular weight is 500 g/mol. The van der Waals surface area contributed by atoms with E-state index in [-0.39, 0.29) is 5.92 Å². The van der Waals surface area contributed by atoms with Crippen molar-refractivity contribution in [3.05, 3.63) is 63.2 Å². The molecule has 0 saturated carbocycles. The Labute approximate surface area is 177 Å². The first-order valence-electron chi connectivity index (χ1n) is 9.29. The summed E-state index contributed by atoms with van der Waals surface area (Å²) < 4.78 is 26.8. The predicted molar refractivity (Wildman–Crippen MR) is 120 cm³/mol. The van der Waals surface area contributed by atoms with E-state index in [2.05, 4.69) is 22.6 Å². The van der Waals surface area contributed by atoms with Crippen LogP contribution in [0.15, 0.2) is 53.4 Å². The van der Waals surface area contributed by atoms with Gasteiger partial charge in [0.25, 0.3) is 0 Å². The molecule has 3 nitrogen and oxygen atoms in total. The molecule has 2 aromatic carbocycles. The van der Waals surface area contributed by atoms with E-state index in [1.165, 1.54) is 0 Å². The summed E-state index contributed by atoms with van der Waals surface area (Å²) in [6, 6.07) is 15.0. The molecular weight excluding hydrogens is 471 g/mol. The molecule has 1 N–H and O–H groups in total. The van der Waals surface area contributed by atoms with Crippen molar-refractivity contribution >= 4 is 32.4 Å². The number of hydrogen-bond acceptors (Lipinski definition) is 3. The van der Waals surface area contributed by atoms with Gasteiger partial charge in [0.15, 0.2) is 9.84 Å². The number of aliphatic hydroxyl groups is 1. The number of aliphatic hydroxyl groups excluding tert-OH is 1. The Morgan fingerprint density at radius 1 is 0.926 bits per heavy atom. The van der Waals surface area contributed by atoms with Crippen LogP contribution in [0.1, 0.15) is 58.6 Å². The molecule has 0 spiro atoms. The fourth-order valence-electron chi connectivity index (χ4n) is 3.58. The lowest BCUT2D eigenvalue weighted by molar-refractivity contribution is 0.0166. The van der Waals surface area contributed by atoms with Gasteiger partial charge in [0, 0.05) is 14.9 Å². The summed E-state index contributed by atoms with van der Waals surface area (Å²) in [6.45, 7) is 11.1. The highest BCUT2D eigenvalue weighted by atomic mass is 127. The van der Waals surface area contributed by atoms with Crippen LogP contribution in [-0.2, 0) is 9.84 Å². The van der Waals surface area contributed by atoms with Crippen LogP contribution in [0.25, 0.3) is 0 Å². The molecule has 0 aliphatic carbocycles. The van der Waals surface area contributed by atoms with E-state index < -0.39 is 26.1 Å². The molecule has 2 aromatic rings. The molecule has 0 bridgehead atoms. The van der Waals surface area contributed by atoms with Gasteiger partial charge >= 0.3 is 0 Å². The zero-order valence-electron chi connectivity index (χ0n) is 16.8. The lowest BCUT2D eigenvalue weighted by Crippen LogP contribution is -2.52. The quantitative estimate of drug-likeness (QED) is 0.534. The smallest absolute Gasteiger partial charge is 0.184 e. The molecule has 0 amide bonds. The predicted octanol–water partition coefficient (Wildman–Crippen LogP) is 5.40. The van der Waals surface area contributed by atoms with Crippen molar-refractivity contribution in [1.82, 2.24) is 0 Å². The molecule has 148 valence electrons. The molecule has 2 atom stereocenters. The van der Waals surface area contributed by atoms with Crippen LogP contribution < -0.4 is 0 Å². The van der Waals surface area contributed by atoms with E-state index in [1.807, 2.05) is 64.1 Å². The van der Waals surface area contributed by atoms with Crippen LogP contribution in [-0.4, -0.2) is 24.4 Å². The molecular formula is C22H29IO3S. The molecule has 3 rings (SSSR count). The second-order valence-electron chi connectivity index (χ2n) is 7.75. The molecule has 27 heavy (non-hydrogen) atoms. The number of sulfone groups is 1. The number of rotatable bonds is 1. The minimum Gasteiger partial charge on any atom is -0.392 e. The lowest BCUT2D eigenvalue weighted by atomic mass is 9.68. The van der Waals surface area contributed by atoms with Gasteiger partial charge in [-0.3, -0.25) is 0 Å². The Balaban J connectivity index is 0.00000126. The summed E-state index contributed by atoms with van der Waals surface area (Å²) in [4.78, 5) is 0.327. The van der Waals surface area contributed by atoms with E-state index in [0.29, 0.717) is 10.5 Å². The lowest BCUT2D eigenvalue weighted by Gasteiger charge is -2.44. The molecule has 1 heterocycles. The maximum absolute atomic E-state index is 13.4. The second-order valence-corrected chi connectivity index (χ2v) is 11.5. The van der Waals surface area contributed by atoms with Crippen LogP contribution in [0, 0.1) is 8.99 Å². The Kier molecular flexibility index (Phi) is 6.49. The molecule has 1 aliphatic heterocycles. The number of fused-ring (bicyclic) bond motifs is 1. The normalized spacial score (nSPS) is 24.7. The first kappa shape index (κ1) is 22.4. The van der Waals surface area contributed by atoms with Crippen LogP contribution in [0.5, 0.6) is 0 Å². The van der Waals surface area contributed by atoms with E-state index in [0.717, 1.165) is 9.13 Å². The van der Waals surface area contributed by atoms with Gasteiger partial charge in [-0.1, -0.05) is 58.0 Å². The molecule has 0 fully saturated rings. The highest BCUT2D eigenvalue weighted by molar-refractivity contribution is 14.1. The van der Waals surface area contributed by atoms with Crippen LogP contribution in [0.4, 0.5) is 0 Å². The first-order valence-corrected chi connectivity index (χ1v) is 11.8. The fourth-order valence-corrected chi connectivity index (χ4v) is 6.06. The van der Waals surface area contributed by atoms with Gasteiger partial charge in [0.1, 0.15) is 0 Å². The molecule has 0 aromatic heterocycles. The Bertz CT molecular complexity index is 899. The maximum atomic E-state index is 13.4. The van der Waals surface area contributed by atoms with Crippen molar-refractivity contribution < 1.29 is 13.5 Å². The van der Waals surface area contributed by atoms with E-state index in [9.17, 15) is 13.5 Å². The van der Waals surface area contributed by atoms with E-state index in [4.69, 9.17) is 0 Å². The number of hydrogen-bond donors (Lipinski definition) is 1. The summed E-state index contributed by atoms with van der Waals surface area (Å²) in [6.07, 6.45) is -0.832. The van der Waals surface area contributed by atoms with Crippen molar-refractivity contribution in [2.45, 2.75) is 63.2 Å². The molecule has 0 radical (unpaired) electrons. The van der Waals surface area contributed by atoms with Crippen molar-refractivity contribution in [1.29, 1.82) is 0 Å². The second kappa shape index (κ2) is 7.84. The maximum Gasteiger partial charge on any atom is 0.184 e. The van der Waals surface area contributed by atoms with E-state index in [1.54, 1.807) is 26.0 Å². The van der Waals surface area contributed by atoms with E-state index >= 15 is 0 Å². The number of halogens is 1. The van der Waals surface area contributed by atoms with Gasteiger partial charge in [0.05, 0.1) is 15.7 Å². The zero-order valence-corrected chi connectivity index (χ0v) is 19.8. The monoisotopic (exact) mass is 500 g/mol. The molecule has 1 aliphatic rings. The minimum absolute atomic E-state index is 0.327. The topological polar surface area (TPSA) is 54.4 Å². The Morgan fingerprint density at radius 3 is 2.00 bits per heavy atom. The van der Waals surface area contributed by atoms with Crippen molar-refractivity contribution in [3.63, 3.8) is 0 Å². The third-order valence-electron chi connectivity index (χ3n) is 6.05. The van der Waals surface area contributed by atoms with Crippen molar-refractivity contribution in [2.75, 3.05) is 0 Å². The van der Waals surface area contributed by atoms with Gasteiger partial charge in [-0.15, -0.1) is 0 Å². The summed E-state index contributed by atoms with van der Waals surface area (Å²) >= 11 is 2.24.